The quantitative estimate of drug-likeness (QED) is 0.189. The Morgan fingerprint density at radius 1 is 1.00 bits per heavy atom. The molecule has 0 aliphatic carbocycles. The Morgan fingerprint density at radius 2 is 1.59 bits per heavy atom. The molecule has 0 saturated carbocycles. The zero-order chi connectivity index (χ0) is 21.6. The molecule has 0 aromatic rings. The van der Waals surface area contributed by atoms with Gasteiger partial charge in [0.15, 0.2) is 6.29 Å². The largest absolute Gasteiger partial charge is 0.390 e. The van der Waals surface area contributed by atoms with Gasteiger partial charge in [0.25, 0.3) is 0 Å². The molecule has 0 bridgehead atoms. The van der Waals surface area contributed by atoms with Crippen molar-refractivity contribution < 1.29 is 24.5 Å². The summed E-state index contributed by atoms with van der Waals surface area (Å²) in [4.78, 5) is 12.6. The monoisotopic (exact) mass is 418 g/mol. The third-order valence-corrected chi connectivity index (χ3v) is 5.26. The molecule has 0 aromatic carbocycles. The van der Waals surface area contributed by atoms with Gasteiger partial charge in [0.1, 0.15) is 12.2 Å². The average Bonchev–Trinajstić information content (AvgIpc) is 2.70. The molecule has 9 nitrogen and oxygen atoms in total. The van der Waals surface area contributed by atoms with Crippen LogP contribution >= 0.6 is 0 Å². The van der Waals surface area contributed by atoms with Crippen LogP contribution in [0, 0.1) is 11.8 Å². The van der Waals surface area contributed by atoms with E-state index in [4.69, 9.17) is 15.2 Å². The molecule has 9 heteroatoms. The second kappa shape index (κ2) is 15.1. The van der Waals surface area contributed by atoms with Crippen molar-refractivity contribution in [1.29, 1.82) is 0 Å². The third kappa shape index (κ3) is 9.25. The molecular formula is C20H42N4O5. The molecule has 172 valence electrons. The second-order valence-electron chi connectivity index (χ2n) is 7.96. The van der Waals surface area contributed by atoms with Gasteiger partial charge in [-0.15, -0.1) is 0 Å². The first-order valence-corrected chi connectivity index (χ1v) is 10.9. The van der Waals surface area contributed by atoms with Crippen LogP contribution in [-0.4, -0.2) is 87.1 Å². The lowest BCUT2D eigenvalue weighted by molar-refractivity contribution is -0.277. The topological polar surface area (TPSA) is 138 Å². The summed E-state index contributed by atoms with van der Waals surface area (Å²) in [6.07, 6.45) is -0.0591. The Labute approximate surface area is 175 Å². The maximum absolute atomic E-state index is 12.6. The van der Waals surface area contributed by atoms with Crippen molar-refractivity contribution in [1.82, 2.24) is 16.0 Å². The molecule has 5 unspecified atom stereocenters. The van der Waals surface area contributed by atoms with E-state index < -0.39 is 30.5 Å². The zero-order valence-corrected chi connectivity index (χ0v) is 18.2. The molecule has 0 radical (unpaired) electrons. The lowest BCUT2D eigenvalue weighted by atomic mass is 9.80. The molecular weight excluding hydrogens is 376 g/mol. The first-order chi connectivity index (χ1) is 13.9. The Morgan fingerprint density at radius 3 is 2.14 bits per heavy atom. The van der Waals surface area contributed by atoms with Gasteiger partial charge < -0.3 is 41.4 Å². The number of aliphatic hydroxyl groups is 2. The number of aliphatic hydroxyl groups excluding tert-OH is 2. The summed E-state index contributed by atoms with van der Waals surface area (Å²) in [6, 6.07) is 0. The number of nitrogens with two attached hydrogens (primary N) is 1. The molecule has 1 aliphatic heterocycles. The van der Waals surface area contributed by atoms with E-state index in [9.17, 15) is 15.0 Å². The van der Waals surface area contributed by atoms with Crippen LogP contribution in [0.25, 0.3) is 0 Å². The molecule has 7 N–H and O–H groups in total. The average molecular weight is 419 g/mol. The maximum atomic E-state index is 12.6. The molecule has 1 heterocycles. The number of carbonyl (C=O) groups is 1. The number of unbranched alkanes of at least 4 members (excludes halogenated alkanes) is 1. The standard InChI is InChI=1S/C20H42N4O5/c1-14(2)15-16(25)17(26)20(28-3)29-18(15)19(27)24-13-7-12-23-10-5-4-9-22-11-6-8-21/h14-18,20,22-23,25-26H,4-13,21H2,1-3H3,(H,24,27). The van der Waals surface area contributed by atoms with Crippen molar-refractivity contribution in [2.75, 3.05) is 46.4 Å². The SMILES string of the molecule is COC1OC(C(=O)NCCCNCCCCNCCCN)C(C(C)C)C(O)C1O. The van der Waals surface area contributed by atoms with Crippen LogP contribution in [0.15, 0.2) is 0 Å². The van der Waals surface area contributed by atoms with Crippen molar-refractivity contribution >= 4 is 5.91 Å². The molecule has 1 amide bonds. The van der Waals surface area contributed by atoms with Crippen molar-refractivity contribution in [3.63, 3.8) is 0 Å². The fraction of sp³-hybridized carbons (Fsp3) is 0.950. The van der Waals surface area contributed by atoms with Crippen LogP contribution in [0.4, 0.5) is 0 Å². The fourth-order valence-electron chi connectivity index (χ4n) is 3.56. The highest BCUT2D eigenvalue weighted by Crippen LogP contribution is 2.32. The minimum Gasteiger partial charge on any atom is -0.390 e. The van der Waals surface area contributed by atoms with Crippen molar-refractivity contribution in [3.8, 4) is 0 Å². The Hall–Kier alpha value is -0.810. The number of nitrogens with one attached hydrogen (secondary N) is 3. The van der Waals surface area contributed by atoms with E-state index in [2.05, 4.69) is 16.0 Å². The predicted octanol–water partition coefficient (Wildman–Crippen LogP) is -0.834. The van der Waals surface area contributed by atoms with Gasteiger partial charge in [-0.05, 0) is 64.3 Å². The normalized spacial score (nSPS) is 27.3. The summed E-state index contributed by atoms with van der Waals surface area (Å²) in [5.41, 5.74) is 5.44. The van der Waals surface area contributed by atoms with Gasteiger partial charge >= 0.3 is 0 Å². The maximum Gasteiger partial charge on any atom is 0.249 e. The van der Waals surface area contributed by atoms with Crippen LogP contribution in [0.1, 0.15) is 39.5 Å². The van der Waals surface area contributed by atoms with Gasteiger partial charge in [0, 0.05) is 19.6 Å². The van der Waals surface area contributed by atoms with E-state index in [1.807, 2.05) is 13.8 Å². The number of hydrogen-bond donors (Lipinski definition) is 6. The number of carbonyl (C=O) groups excluding carboxylic acids is 1. The van der Waals surface area contributed by atoms with Crippen LogP contribution in [0.5, 0.6) is 0 Å². The molecule has 1 saturated heterocycles. The molecule has 1 fully saturated rings. The van der Waals surface area contributed by atoms with Crippen molar-refractivity contribution in [3.05, 3.63) is 0 Å². The highest BCUT2D eigenvalue weighted by atomic mass is 16.7. The Kier molecular flexibility index (Phi) is 13.6. The highest BCUT2D eigenvalue weighted by Gasteiger charge is 2.48. The van der Waals surface area contributed by atoms with Crippen LogP contribution in [0.3, 0.4) is 0 Å². The van der Waals surface area contributed by atoms with E-state index in [1.54, 1.807) is 0 Å². The van der Waals surface area contributed by atoms with Gasteiger partial charge in [0.05, 0.1) is 6.10 Å². The van der Waals surface area contributed by atoms with E-state index >= 15 is 0 Å². The second-order valence-corrected chi connectivity index (χ2v) is 7.96. The summed E-state index contributed by atoms with van der Waals surface area (Å²) in [7, 11) is 1.38. The number of hydrogen-bond acceptors (Lipinski definition) is 8. The summed E-state index contributed by atoms with van der Waals surface area (Å²) >= 11 is 0. The molecule has 1 rings (SSSR count). The van der Waals surface area contributed by atoms with Crippen LogP contribution < -0.4 is 21.7 Å². The Bertz CT molecular complexity index is 441. The zero-order valence-electron chi connectivity index (χ0n) is 18.2. The fourth-order valence-corrected chi connectivity index (χ4v) is 3.56. The molecule has 29 heavy (non-hydrogen) atoms. The molecule has 0 spiro atoms. The van der Waals surface area contributed by atoms with E-state index in [0.717, 1.165) is 58.4 Å². The Balaban J connectivity index is 2.21. The van der Waals surface area contributed by atoms with Crippen molar-refractivity contribution in [2.45, 2.75) is 64.1 Å². The van der Waals surface area contributed by atoms with E-state index in [0.29, 0.717) is 6.54 Å². The number of amides is 1. The molecule has 0 aromatic heterocycles. The van der Waals surface area contributed by atoms with Crippen LogP contribution in [-0.2, 0) is 14.3 Å². The van der Waals surface area contributed by atoms with E-state index in [1.165, 1.54) is 7.11 Å². The minimum atomic E-state index is -1.17. The first kappa shape index (κ1) is 26.2. The lowest BCUT2D eigenvalue weighted by Gasteiger charge is -2.43. The molecule has 1 aliphatic rings. The van der Waals surface area contributed by atoms with Crippen molar-refractivity contribution in [2.24, 2.45) is 17.6 Å². The van der Waals surface area contributed by atoms with Gasteiger partial charge in [-0.25, -0.2) is 0 Å². The number of methoxy groups -OCH3 is 1. The third-order valence-electron chi connectivity index (χ3n) is 5.26. The van der Waals surface area contributed by atoms with Crippen LogP contribution in [0.2, 0.25) is 0 Å². The number of ether oxygens (including phenoxy) is 2. The summed E-state index contributed by atoms with van der Waals surface area (Å²) in [5, 5.41) is 30.1. The number of rotatable bonds is 15. The summed E-state index contributed by atoms with van der Waals surface area (Å²) < 4.78 is 10.7. The summed E-state index contributed by atoms with van der Waals surface area (Å²) in [5.74, 6) is -0.798. The smallest absolute Gasteiger partial charge is 0.249 e. The lowest BCUT2D eigenvalue weighted by Crippen LogP contribution is -2.60. The van der Waals surface area contributed by atoms with Gasteiger partial charge in [-0.1, -0.05) is 13.8 Å². The van der Waals surface area contributed by atoms with E-state index in [-0.39, 0.29) is 11.8 Å². The van der Waals surface area contributed by atoms with Gasteiger partial charge in [0.2, 0.25) is 5.91 Å². The van der Waals surface area contributed by atoms with Gasteiger partial charge in [-0.2, -0.15) is 0 Å². The summed E-state index contributed by atoms with van der Waals surface area (Å²) in [6.45, 7) is 8.81. The highest BCUT2D eigenvalue weighted by molar-refractivity contribution is 5.81. The predicted molar refractivity (Wildman–Crippen MR) is 112 cm³/mol. The molecule has 5 atom stereocenters. The first-order valence-electron chi connectivity index (χ1n) is 10.9. The minimum absolute atomic E-state index is 0.0281. The van der Waals surface area contributed by atoms with Gasteiger partial charge in [-0.3, -0.25) is 4.79 Å².